The highest BCUT2D eigenvalue weighted by molar-refractivity contribution is 6.00. The fourth-order valence-electron chi connectivity index (χ4n) is 3.74. The van der Waals surface area contributed by atoms with Crippen LogP contribution in [0.4, 0.5) is 5.95 Å². The lowest BCUT2D eigenvalue weighted by molar-refractivity contribution is -0.118. The molecule has 2 aliphatic rings. The van der Waals surface area contributed by atoms with Crippen molar-refractivity contribution in [3.8, 4) is 5.75 Å². The lowest BCUT2D eigenvalue weighted by atomic mass is 9.73. The van der Waals surface area contributed by atoms with Crippen molar-refractivity contribution in [1.82, 2.24) is 20.2 Å². The van der Waals surface area contributed by atoms with Crippen LogP contribution in [0.15, 0.2) is 35.5 Å². The molecule has 1 aromatic heterocycles. The predicted molar refractivity (Wildman–Crippen MR) is 96.9 cm³/mol. The quantitative estimate of drug-likeness (QED) is 0.909. The van der Waals surface area contributed by atoms with Crippen LogP contribution < -0.4 is 10.1 Å². The molecule has 0 amide bonds. The zero-order valence-electron chi connectivity index (χ0n) is 15.3. The molecule has 1 atom stereocenters. The van der Waals surface area contributed by atoms with E-state index < -0.39 is 0 Å². The topological polar surface area (TPSA) is 81.9 Å². The highest BCUT2D eigenvalue weighted by Gasteiger charge is 2.41. The van der Waals surface area contributed by atoms with Gasteiger partial charge < -0.3 is 10.1 Å². The van der Waals surface area contributed by atoms with E-state index >= 15 is 0 Å². The molecule has 0 radical (unpaired) electrons. The Morgan fingerprint density at radius 3 is 2.77 bits per heavy atom. The average molecular weight is 353 g/mol. The number of fused-ring (bicyclic) bond motifs is 1. The van der Waals surface area contributed by atoms with Gasteiger partial charge in [-0.2, -0.15) is 4.68 Å². The standard InChI is InChI=1S/C19H23N5O2/c1-4-9-26-13-7-5-12(6-8-13)17-16-14(10-19(2,3)11-15(16)25)20-18-21-22-23-24(17)18/h5-8,17H,4,9-11H2,1-3H3,(H,20,21,23). The first-order chi connectivity index (χ1) is 12.5. The van der Waals surface area contributed by atoms with E-state index in [1.807, 2.05) is 24.3 Å². The minimum atomic E-state index is -0.305. The second kappa shape index (κ2) is 6.23. The third kappa shape index (κ3) is 2.87. The first kappa shape index (κ1) is 16.8. The summed E-state index contributed by atoms with van der Waals surface area (Å²) in [6, 6.07) is 7.55. The molecule has 0 fully saturated rings. The van der Waals surface area contributed by atoms with Crippen molar-refractivity contribution in [2.75, 3.05) is 11.9 Å². The lowest BCUT2D eigenvalue weighted by Gasteiger charge is -2.37. The maximum atomic E-state index is 13.0. The summed E-state index contributed by atoms with van der Waals surface area (Å²) in [6.45, 7) is 6.99. The first-order valence-electron chi connectivity index (χ1n) is 9.02. The van der Waals surface area contributed by atoms with Crippen molar-refractivity contribution in [1.29, 1.82) is 0 Å². The number of allylic oxidation sites excluding steroid dienone is 2. The number of carbonyl (C=O) groups excluding carboxylic acids is 1. The Hall–Kier alpha value is -2.70. The van der Waals surface area contributed by atoms with E-state index in [1.165, 1.54) is 0 Å². The summed E-state index contributed by atoms with van der Waals surface area (Å²) < 4.78 is 7.36. The van der Waals surface area contributed by atoms with E-state index in [9.17, 15) is 4.79 Å². The number of hydrogen-bond donors (Lipinski definition) is 1. The van der Waals surface area contributed by atoms with Crippen LogP contribution in [0.3, 0.4) is 0 Å². The van der Waals surface area contributed by atoms with Crippen LogP contribution in [0, 0.1) is 5.41 Å². The van der Waals surface area contributed by atoms with Crippen molar-refractivity contribution >= 4 is 11.7 Å². The molecular weight excluding hydrogens is 330 g/mol. The van der Waals surface area contributed by atoms with Crippen molar-refractivity contribution in [2.45, 2.75) is 46.1 Å². The van der Waals surface area contributed by atoms with Gasteiger partial charge in [0.2, 0.25) is 5.95 Å². The minimum Gasteiger partial charge on any atom is -0.494 e. The van der Waals surface area contributed by atoms with Gasteiger partial charge in [0, 0.05) is 17.7 Å². The van der Waals surface area contributed by atoms with Crippen molar-refractivity contribution in [3.05, 3.63) is 41.1 Å². The second-order valence-corrected chi connectivity index (χ2v) is 7.73. The van der Waals surface area contributed by atoms with Crippen LogP contribution in [0.1, 0.15) is 51.6 Å². The lowest BCUT2D eigenvalue weighted by Crippen LogP contribution is -2.36. The molecule has 2 heterocycles. The van der Waals surface area contributed by atoms with Crippen molar-refractivity contribution in [2.24, 2.45) is 5.41 Å². The van der Waals surface area contributed by atoms with E-state index in [4.69, 9.17) is 4.74 Å². The maximum absolute atomic E-state index is 13.0. The Bertz CT molecular complexity index is 866. The van der Waals surface area contributed by atoms with Crippen LogP contribution >= 0.6 is 0 Å². The molecule has 0 spiro atoms. The van der Waals surface area contributed by atoms with Gasteiger partial charge in [0.15, 0.2) is 5.78 Å². The SMILES string of the molecule is CCCOc1ccc(C2C3=C(CC(C)(C)CC3=O)Nc3nnnn32)cc1. The Kier molecular flexibility index (Phi) is 4.01. The van der Waals surface area contributed by atoms with Crippen LogP contribution in [-0.4, -0.2) is 32.6 Å². The van der Waals surface area contributed by atoms with Gasteiger partial charge in [-0.25, -0.2) is 0 Å². The third-order valence-electron chi connectivity index (χ3n) is 4.86. The fraction of sp³-hybridized carbons (Fsp3) is 0.474. The minimum absolute atomic E-state index is 0.0685. The molecule has 1 aromatic carbocycles. The summed E-state index contributed by atoms with van der Waals surface area (Å²) >= 11 is 0. The number of ether oxygens (including phenoxy) is 1. The normalized spacial score (nSPS) is 21.0. The maximum Gasteiger partial charge on any atom is 0.248 e. The van der Waals surface area contributed by atoms with Crippen LogP contribution in [0.5, 0.6) is 5.75 Å². The van der Waals surface area contributed by atoms with Gasteiger partial charge in [0.05, 0.1) is 6.61 Å². The monoisotopic (exact) mass is 353 g/mol. The van der Waals surface area contributed by atoms with E-state index in [-0.39, 0.29) is 17.2 Å². The highest BCUT2D eigenvalue weighted by Crippen LogP contribution is 2.45. The molecule has 0 bridgehead atoms. The Morgan fingerprint density at radius 2 is 2.04 bits per heavy atom. The van der Waals surface area contributed by atoms with E-state index in [0.717, 1.165) is 35.4 Å². The number of aromatic nitrogens is 4. The summed E-state index contributed by atoms with van der Waals surface area (Å²) in [6.07, 6.45) is 2.29. The number of rotatable bonds is 4. The molecule has 4 rings (SSSR count). The Balaban J connectivity index is 1.76. The molecule has 0 saturated heterocycles. The van der Waals surface area contributed by atoms with Crippen molar-refractivity contribution < 1.29 is 9.53 Å². The predicted octanol–water partition coefficient (Wildman–Crippen LogP) is 3.12. The first-order valence-corrected chi connectivity index (χ1v) is 9.02. The molecule has 1 aliphatic carbocycles. The van der Waals surface area contributed by atoms with Gasteiger partial charge in [-0.05, 0) is 46.4 Å². The summed E-state index contributed by atoms with van der Waals surface area (Å²) in [4.78, 5) is 13.0. The number of nitrogens with one attached hydrogen (secondary N) is 1. The number of benzene rings is 1. The molecule has 2 aromatic rings. The summed E-state index contributed by atoms with van der Waals surface area (Å²) in [5.41, 5.74) is 2.61. The molecule has 7 heteroatoms. The molecule has 0 saturated carbocycles. The van der Waals surface area contributed by atoms with Gasteiger partial charge >= 0.3 is 0 Å². The number of hydrogen-bond acceptors (Lipinski definition) is 6. The number of tetrazole rings is 1. The fourth-order valence-corrected chi connectivity index (χ4v) is 3.74. The van der Waals surface area contributed by atoms with Gasteiger partial charge in [-0.3, -0.25) is 4.79 Å². The number of ketones is 1. The van der Waals surface area contributed by atoms with E-state index in [0.29, 0.717) is 19.0 Å². The zero-order chi connectivity index (χ0) is 18.3. The highest BCUT2D eigenvalue weighted by atomic mass is 16.5. The molecule has 26 heavy (non-hydrogen) atoms. The van der Waals surface area contributed by atoms with Crippen LogP contribution in [0.2, 0.25) is 0 Å². The third-order valence-corrected chi connectivity index (χ3v) is 4.86. The molecule has 1 aliphatic heterocycles. The summed E-state index contributed by atoms with van der Waals surface area (Å²) in [5, 5.41) is 15.3. The smallest absolute Gasteiger partial charge is 0.248 e. The molecule has 1 unspecified atom stereocenters. The van der Waals surface area contributed by atoms with E-state index in [1.54, 1.807) is 4.68 Å². The summed E-state index contributed by atoms with van der Waals surface area (Å²) in [5.74, 6) is 1.55. The Morgan fingerprint density at radius 1 is 1.27 bits per heavy atom. The van der Waals surface area contributed by atoms with Gasteiger partial charge in [0.25, 0.3) is 0 Å². The number of anilines is 1. The van der Waals surface area contributed by atoms with Gasteiger partial charge in [-0.1, -0.05) is 38.0 Å². The molecule has 136 valence electrons. The van der Waals surface area contributed by atoms with Gasteiger partial charge in [0.1, 0.15) is 11.8 Å². The summed E-state index contributed by atoms with van der Waals surface area (Å²) in [7, 11) is 0. The number of nitrogens with zero attached hydrogens (tertiary/aromatic N) is 4. The van der Waals surface area contributed by atoms with Gasteiger partial charge in [-0.15, -0.1) is 0 Å². The largest absolute Gasteiger partial charge is 0.494 e. The van der Waals surface area contributed by atoms with Crippen LogP contribution in [-0.2, 0) is 4.79 Å². The number of carbonyl (C=O) groups is 1. The van der Waals surface area contributed by atoms with E-state index in [2.05, 4.69) is 41.6 Å². The molecule has 7 nitrogen and oxygen atoms in total. The Labute approximate surface area is 152 Å². The number of Topliss-reactive ketones (excluding diaryl/α,β-unsaturated/α-hetero) is 1. The van der Waals surface area contributed by atoms with Crippen molar-refractivity contribution in [3.63, 3.8) is 0 Å². The van der Waals surface area contributed by atoms with Crippen LogP contribution in [0.25, 0.3) is 0 Å². The average Bonchev–Trinajstić information content (AvgIpc) is 3.05. The molecular formula is C19H23N5O2. The molecule has 1 N–H and O–H groups in total. The second-order valence-electron chi connectivity index (χ2n) is 7.73. The zero-order valence-corrected chi connectivity index (χ0v) is 15.3.